The minimum Gasteiger partial charge on any atom is -0.388 e. The Hall–Kier alpha value is -1.61. The van der Waals surface area contributed by atoms with Crippen molar-refractivity contribution in [3.05, 3.63) is 48.0 Å². The van der Waals surface area contributed by atoms with Gasteiger partial charge in [-0.2, -0.15) is 0 Å². The standard InChI is InChI=1S/C13H17NO2/c1-3-12(15)10(2)13(16)14-9-11-7-5-4-6-8-11/h4-8,12,15H,2-3,9H2,1H3,(H,14,16)/t12-/m1/s1. The zero-order valence-corrected chi connectivity index (χ0v) is 9.44. The topological polar surface area (TPSA) is 49.3 Å². The second-order valence-electron chi connectivity index (χ2n) is 3.62. The van der Waals surface area contributed by atoms with Crippen LogP contribution < -0.4 is 5.32 Å². The molecule has 0 aliphatic heterocycles. The molecule has 16 heavy (non-hydrogen) atoms. The number of amides is 1. The van der Waals surface area contributed by atoms with E-state index in [9.17, 15) is 9.90 Å². The molecule has 0 aliphatic rings. The molecule has 0 heterocycles. The number of carbonyl (C=O) groups excluding carboxylic acids is 1. The van der Waals surface area contributed by atoms with Crippen molar-refractivity contribution in [3.63, 3.8) is 0 Å². The first-order valence-electron chi connectivity index (χ1n) is 5.34. The lowest BCUT2D eigenvalue weighted by Gasteiger charge is -2.11. The first-order chi connectivity index (χ1) is 7.65. The van der Waals surface area contributed by atoms with E-state index in [4.69, 9.17) is 0 Å². The van der Waals surface area contributed by atoms with Crippen molar-refractivity contribution < 1.29 is 9.90 Å². The molecule has 0 fully saturated rings. The van der Waals surface area contributed by atoms with Gasteiger partial charge in [0.15, 0.2) is 0 Å². The number of carbonyl (C=O) groups is 1. The maximum Gasteiger partial charge on any atom is 0.249 e. The molecule has 1 rings (SSSR count). The van der Waals surface area contributed by atoms with Crippen molar-refractivity contribution in [2.45, 2.75) is 26.0 Å². The summed E-state index contributed by atoms with van der Waals surface area (Å²) in [6.45, 7) is 5.83. The Bertz CT molecular complexity index is 359. The third kappa shape index (κ3) is 3.51. The average Bonchev–Trinajstić information content (AvgIpc) is 2.35. The maximum absolute atomic E-state index is 11.5. The normalized spacial score (nSPS) is 11.9. The number of hydrogen-bond acceptors (Lipinski definition) is 2. The highest BCUT2D eigenvalue weighted by Gasteiger charge is 2.13. The lowest BCUT2D eigenvalue weighted by Crippen LogP contribution is -2.29. The molecule has 0 spiro atoms. The van der Waals surface area contributed by atoms with Crippen LogP contribution in [0.2, 0.25) is 0 Å². The largest absolute Gasteiger partial charge is 0.388 e. The van der Waals surface area contributed by atoms with E-state index in [1.807, 2.05) is 30.3 Å². The van der Waals surface area contributed by atoms with Crippen LogP contribution in [0.5, 0.6) is 0 Å². The smallest absolute Gasteiger partial charge is 0.249 e. The molecule has 0 saturated carbocycles. The molecule has 2 N–H and O–H groups in total. The van der Waals surface area contributed by atoms with Gasteiger partial charge in [0.2, 0.25) is 5.91 Å². The average molecular weight is 219 g/mol. The Balaban J connectivity index is 2.44. The van der Waals surface area contributed by atoms with Gasteiger partial charge in [-0.3, -0.25) is 4.79 Å². The minimum absolute atomic E-state index is 0.221. The summed E-state index contributed by atoms with van der Waals surface area (Å²) in [4.78, 5) is 11.5. The zero-order valence-electron chi connectivity index (χ0n) is 9.44. The van der Waals surface area contributed by atoms with Crippen LogP contribution in [0.25, 0.3) is 0 Å². The summed E-state index contributed by atoms with van der Waals surface area (Å²) >= 11 is 0. The monoisotopic (exact) mass is 219 g/mol. The Kier molecular flexibility index (Phi) is 4.73. The van der Waals surface area contributed by atoms with Crippen LogP contribution in [0.3, 0.4) is 0 Å². The van der Waals surface area contributed by atoms with Gasteiger partial charge in [-0.05, 0) is 12.0 Å². The predicted molar refractivity (Wildman–Crippen MR) is 63.7 cm³/mol. The van der Waals surface area contributed by atoms with Gasteiger partial charge in [0, 0.05) is 12.1 Å². The first kappa shape index (κ1) is 12.5. The number of aliphatic hydroxyl groups is 1. The Morgan fingerprint density at radius 3 is 2.62 bits per heavy atom. The fraction of sp³-hybridized carbons (Fsp3) is 0.308. The highest BCUT2D eigenvalue weighted by atomic mass is 16.3. The van der Waals surface area contributed by atoms with Crippen molar-refractivity contribution >= 4 is 5.91 Å². The van der Waals surface area contributed by atoms with Crippen molar-refractivity contribution in [2.24, 2.45) is 0 Å². The molecule has 1 atom stereocenters. The van der Waals surface area contributed by atoms with Gasteiger partial charge in [0.05, 0.1) is 6.10 Å². The van der Waals surface area contributed by atoms with Crippen LogP contribution in [-0.4, -0.2) is 17.1 Å². The molecule has 3 nitrogen and oxygen atoms in total. The van der Waals surface area contributed by atoms with E-state index in [0.717, 1.165) is 5.56 Å². The summed E-state index contributed by atoms with van der Waals surface area (Å²) in [5.74, 6) is -0.293. The van der Waals surface area contributed by atoms with Crippen molar-refractivity contribution in [2.75, 3.05) is 0 Å². The van der Waals surface area contributed by atoms with Gasteiger partial charge >= 0.3 is 0 Å². The lowest BCUT2D eigenvalue weighted by molar-refractivity contribution is -0.118. The van der Waals surface area contributed by atoms with Gasteiger partial charge in [-0.25, -0.2) is 0 Å². The van der Waals surface area contributed by atoms with E-state index in [1.165, 1.54) is 0 Å². The molecule has 0 unspecified atom stereocenters. The number of nitrogens with one attached hydrogen (secondary N) is 1. The van der Waals surface area contributed by atoms with E-state index in [0.29, 0.717) is 13.0 Å². The van der Waals surface area contributed by atoms with Crippen LogP contribution in [0.4, 0.5) is 0 Å². The van der Waals surface area contributed by atoms with E-state index in [1.54, 1.807) is 6.92 Å². The molecule has 1 amide bonds. The minimum atomic E-state index is -0.754. The maximum atomic E-state index is 11.5. The summed E-state index contributed by atoms with van der Waals surface area (Å²) in [7, 11) is 0. The summed E-state index contributed by atoms with van der Waals surface area (Å²) in [5, 5.41) is 12.1. The fourth-order valence-corrected chi connectivity index (χ4v) is 1.29. The summed E-state index contributed by atoms with van der Waals surface area (Å²) < 4.78 is 0. The van der Waals surface area contributed by atoms with Crippen LogP contribution in [-0.2, 0) is 11.3 Å². The molecule has 0 bridgehead atoms. The van der Waals surface area contributed by atoms with Gasteiger partial charge < -0.3 is 10.4 Å². The third-order valence-corrected chi connectivity index (χ3v) is 2.38. The van der Waals surface area contributed by atoms with Gasteiger partial charge in [0.1, 0.15) is 0 Å². The molecule has 0 radical (unpaired) electrons. The molecule has 1 aromatic carbocycles. The van der Waals surface area contributed by atoms with E-state index >= 15 is 0 Å². The number of rotatable bonds is 5. The van der Waals surface area contributed by atoms with Crippen molar-refractivity contribution in [3.8, 4) is 0 Å². The van der Waals surface area contributed by atoms with E-state index < -0.39 is 6.10 Å². The summed E-state index contributed by atoms with van der Waals surface area (Å²) in [6, 6.07) is 9.61. The predicted octanol–water partition coefficient (Wildman–Crippen LogP) is 1.63. The molecule has 1 aromatic rings. The SMILES string of the molecule is C=C(C(=O)NCc1ccccc1)[C@H](O)CC. The van der Waals surface area contributed by atoms with E-state index in [2.05, 4.69) is 11.9 Å². The second-order valence-corrected chi connectivity index (χ2v) is 3.62. The summed E-state index contributed by atoms with van der Waals surface area (Å²) in [5.41, 5.74) is 1.24. The van der Waals surface area contributed by atoms with Crippen LogP contribution in [0.1, 0.15) is 18.9 Å². The molecule has 86 valence electrons. The van der Waals surface area contributed by atoms with E-state index in [-0.39, 0.29) is 11.5 Å². The van der Waals surface area contributed by atoms with Gasteiger partial charge in [-0.1, -0.05) is 43.8 Å². The van der Waals surface area contributed by atoms with Crippen LogP contribution in [0.15, 0.2) is 42.5 Å². The number of aliphatic hydroxyl groups excluding tert-OH is 1. The highest BCUT2D eigenvalue weighted by molar-refractivity contribution is 5.93. The van der Waals surface area contributed by atoms with Crippen molar-refractivity contribution in [1.29, 1.82) is 0 Å². The fourth-order valence-electron chi connectivity index (χ4n) is 1.29. The molecular formula is C13H17NO2. The molecule has 0 saturated heterocycles. The molecular weight excluding hydrogens is 202 g/mol. The number of hydrogen-bond donors (Lipinski definition) is 2. The van der Waals surface area contributed by atoms with Crippen LogP contribution >= 0.6 is 0 Å². The molecule has 3 heteroatoms. The zero-order chi connectivity index (χ0) is 12.0. The Morgan fingerprint density at radius 1 is 1.44 bits per heavy atom. The van der Waals surface area contributed by atoms with Crippen molar-refractivity contribution in [1.82, 2.24) is 5.32 Å². The number of benzene rings is 1. The quantitative estimate of drug-likeness (QED) is 0.739. The second kappa shape index (κ2) is 6.08. The van der Waals surface area contributed by atoms with Gasteiger partial charge in [0.25, 0.3) is 0 Å². The first-order valence-corrected chi connectivity index (χ1v) is 5.34. The Morgan fingerprint density at radius 2 is 2.06 bits per heavy atom. The molecule has 0 aliphatic carbocycles. The summed E-state index contributed by atoms with van der Waals surface area (Å²) in [6.07, 6.45) is -0.256. The lowest BCUT2D eigenvalue weighted by atomic mass is 10.1. The van der Waals surface area contributed by atoms with Crippen LogP contribution in [0, 0.1) is 0 Å². The Labute approximate surface area is 95.8 Å². The third-order valence-electron chi connectivity index (χ3n) is 2.38. The molecule has 0 aromatic heterocycles. The highest BCUT2D eigenvalue weighted by Crippen LogP contribution is 2.04. The van der Waals surface area contributed by atoms with Gasteiger partial charge in [-0.15, -0.1) is 0 Å².